The molecule has 0 bridgehead atoms. The number of para-hydroxylation sites is 2. The number of benzene rings is 8. The monoisotopic (exact) mass is 778 g/mol. The zero-order chi connectivity index (χ0) is 41.1. The maximum atomic E-state index is 9.78. The van der Waals surface area contributed by atoms with Gasteiger partial charge in [0, 0.05) is 38.4 Å². The highest BCUT2D eigenvalue weighted by Crippen LogP contribution is 2.50. The van der Waals surface area contributed by atoms with Crippen molar-refractivity contribution in [2.24, 2.45) is 0 Å². The van der Waals surface area contributed by atoms with Crippen molar-refractivity contribution in [3.63, 3.8) is 0 Å². The fourth-order valence-corrected chi connectivity index (χ4v) is 9.15. The van der Waals surface area contributed by atoms with Crippen molar-refractivity contribution in [2.75, 3.05) is 0 Å². The van der Waals surface area contributed by atoms with Crippen LogP contribution in [0.2, 0.25) is 0 Å². The molecule has 2 heterocycles. The van der Waals surface area contributed by atoms with Crippen LogP contribution in [0.1, 0.15) is 30.5 Å². The molecular weight excluding hydrogens is 741 g/mol. The Kier molecular flexibility index (Phi) is 8.51. The van der Waals surface area contributed by atoms with Gasteiger partial charge in [-0.3, -0.25) is 0 Å². The Morgan fingerprint density at radius 2 is 0.902 bits per heavy atom. The van der Waals surface area contributed by atoms with Gasteiger partial charge in [-0.2, -0.15) is 5.26 Å². The molecule has 4 nitrogen and oxygen atoms in total. The summed E-state index contributed by atoms with van der Waals surface area (Å²) in [4.78, 5) is 15.6. The van der Waals surface area contributed by atoms with Gasteiger partial charge in [-0.05, 0) is 105 Å². The molecule has 0 aliphatic heterocycles. The summed E-state index contributed by atoms with van der Waals surface area (Å²) in [5.41, 5.74) is 18.5. The second kappa shape index (κ2) is 14.4. The SMILES string of the molecule is CC1(C)c2cc(C#N)ccc2-c2ccc(-c3cc(-c4cc(-c5ccc(-c6ccccc6)cc5)nc(-c5ccccc5)n4)cc(-c4c5ccccc5nc5ccccc45)c3)cc21. The van der Waals surface area contributed by atoms with Crippen LogP contribution in [0, 0.1) is 11.3 Å². The Morgan fingerprint density at radius 3 is 1.57 bits per heavy atom. The van der Waals surface area contributed by atoms with Crippen molar-refractivity contribution in [3.05, 3.63) is 211 Å². The van der Waals surface area contributed by atoms with Crippen molar-refractivity contribution >= 4 is 21.8 Å². The third kappa shape index (κ3) is 6.27. The Hall–Kier alpha value is -8.00. The molecule has 0 unspecified atom stereocenters. The molecule has 0 fully saturated rings. The van der Waals surface area contributed by atoms with Crippen molar-refractivity contribution in [1.29, 1.82) is 5.26 Å². The molecule has 1 aliphatic rings. The van der Waals surface area contributed by atoms with E-state index < -0.39 is 0 Å². The number of nitriles is 1. The first kappa shape index (κ1) is 36.1. The van der Waals surface area contributed by atoms with E-state index in [2.05, 4.69) is 184 Å². The van der Waals surface area contributed by atoms with Gasteiger partial charge in [0.2, 0.25) is 0 Å². The van der Waals surface area contributed by atoms with E-state index in [1.807, 2.05) is 30.3 Å². The van der Waals surface area contributed by atoms with Crippen LogP contribution < -0.4 is 0 Å². The van der Waals surface area contributed by atoms with E-state index in [-0.39, 0.29) is 5.41 Å². The number of hydrogen-bond acceptors (Lipinski definition) is 4. The third-order valence-corrected chi connectivity index (χ3v) is 12.3. The fourth-order valence-electron chi connectivity index (χ4n) is 9.15. The summed E-state index contributed by atoms with van der Waals surface area (Å²) < 4.78 is 0. The first-order valence-electron chi connectivity index (χ1n) is 20.6. The molecule has 0 atom stereocenters. The van der Waals surface area contributed by atoms with Crippen LogP contribution in [0.15, 0.2) is 194 Å². The number of nitrogens with zero attached hydrogens (tertiary/aromatic N) is 4. The van der Waals surface area contributed by atoms with Crippen molar-refractivity contribution in [1.82, 2.24) is 15.0 Å². The van der Waals surface area contributed by atoms with E-state index in [9.17, 15) is 5.26 Å². The molecule has 61 heavy (non-hydrogen) atoms. The second-order valence-corrected chi connectivity index (χ2v) is 16.3. The van der Waals surface area contributed by atoms with Gasteiger partial charge in [-0.25, -0.2) is 15.0 Å². The molecule has 2 aromatic heterocycles. The van der Waals surface area contributed by atoms with Crippen LogP contribution >= 0.6 is 0 Å². The predicted octanol–water partition coefficient (Wildman–Crippen LogP) is 14.4. The molecule has 11 rings (SSSR count). The lowest BCUT2D eigenvalue weighted by Crippen LogP contribution is -2.15. The normalized spacial score (nSPS) is 12.5. The van der Waals surface area contributed by atoms with Gasteiger partial charge < -0.3 is 0 Å². The first-order valence-corrected chi connectivity index (χ1v) is 20.6. The molecule has 4 heteroatoms. The molecule has 0 spiro atoms. The Labute approximate surface area is 355 Å². The van der Waals surface area contributed by atoms with Crippen LogP contribution in [0.4, 0.5) is 0 Å². The van der Waals surface area contributed by atoms with E-state index in [1.54, 1.807) is 0 Å². The van der Waals surface area contributed by atoms with Gasteiger partial charge in [0.1, 0.15) is 0 Å². The van der Waals surface area contributed by atoms with Gasteiger partial charge in [-0.15, -0.1) is 0 Å². The van der Waals surface area contributed by atoms with Crippen LogP contribution in [-0.2, 0) is 5.41 Å². The lowest BCUT2D eigenvalue weighted by Gasteiger charge is -2.22. The first-order chi connectivity index (χ1) is 29.9. The molecule has 0 N–H and O–H groups in total. The molecule has 0 saturated heterocycles. The van der Waals surface area contributed by atoms with Gasteiger partial charge in [0.25, 0.3) is 0 Å². The maximum Gasteiger partial charge on any atom is 0.160 e. The maximum absolute atomic E-state index is 9.78. The lowest BCUT2D eigenvalue weighted by atomic mass is 9.81. The highest BCUT2D eigenvalue weighted by Gasteiger charge is 2.36. The third-order valence-electron chi connectivity index (χ3n) is 12.3. The number of fused-ring (bicyclic) bond motifs is 5. The number of rotatable bonds is 6. The summed E-state index contributed by atoms with van der Waals surface area (Å²) in [6.07, 6.45) is 0. The van der Waals surface area contributed by atoms with Crippen LogP contribution in [0.5, 0.6) is 0 Å². The predicted molar refractivity (Wildman–Crippen MR) is 250 cm³/mol. The lowest BCUT2D eigenvalue weighted by molar-refractivity contribution is 0.660. The summed E-state index contributed by atoms with van der Waals surface area (Å²) in [7, 11) is 0. The molecular formula is C57H38N4. The van der Waals surface area contributed by atoms with E-state index in [4.69, 9.17) is 15.0 Å². The molecule has 1 aliphatic carbocycles. The van der Waals surface area contributed by atoms with Crippen LogP contribution in [-0.4, -0.2) is 15.0 Å². The number of pyridine rings is 1. The Balaban J connectivity index is 1.14. The van der Waals surface area contributed by atoms with Crippen molar-refractivity contribution in [3.8, 4) is 84.5 Å². The number of aromatic nitrogens is 3. The summed E-state index contributed by atoms with van der Waals surface area (Å²) in [5.74, 6) is 0.667. The van der Waals surface area contributed by atoms with Crippen molar-refractivity contribution in [2.45, 2.75) is 19.3 Å². The highest BCUT2D eigenvalue weighted by molar-refractivity contribution is 6.10. The Morgan fingerprint density at radius 1 is 0.393 bits per heavy atom. The van der Waals surface area contributed by atoms with E-state index in [0.29, 0.717) is 11.4 Å². The summed E-state index contributed by atoms with van der Waals surface area (Å²) in [6.45, 7) is 4.53. The topological polar surface area (TPSA) is 62.5 Å². The minimum atomic E-state index is -0.284. The smallest absolute Gasteiger partial charge is 0.160 e. The van der Waals surface area contributed by atoms with E-state index in [1.165, 1.54) is 27.8 Å². The van der Waals surface area contributed by atoms with E-state index >= 15 is 0 Å². The van der Waals surface area contributed by atoms with Gasteiger partial charge in [0.15, 0.2) is 5.82 Å². The molecule has 0 saturated carbocycles. The average molecular weight is 779 g/mol. The fraction of sp³-hybridized carbons (Fsp3) is 0.0526. The molecule has 10 aromatic rings. The standard InChI is InChI=1S/C57H38N4/c1-57(2)49-29-36(35-58)21-27-45(49)46-28-26-41(33-50(46)57)42-30-43(32-44(31-42)55-47-17-9-11-19-51(47)59-52-20-12-10-18-48(52)55)54-34-53(60-56(61-54)40-15-7-4-8-16-40)39-24-22-38(23-25-39)37-13-5-3-6-14-37/h3-34H,1-2H3. The molecule has 0 radical (unpaired) electrons. The highest BCUT2D eigenvalue weighted by atomic mass is 14.9. The minimum absolute atomic E-state index is 0.284. The van der Waals surface area contributed by atoms with Gasteiger partial charge in [-0.1, -0.05) is 153 Å². The average Bonchev–Trinajstić information content (AvgIpc) is 3.55. The van der Waals surface area contributed by atoms with Crippen LogP contribution in [0.3, 0.4) is 0 Å². The zero-order valence-corrected chi connectivity index (χ0v) is 33.8. The van der Waals surface area contributed by atoms with Gasteiger partial charge >= 0.3 is 0 Å². The number of hydrogen-bond donors (Lipinski definition) is 0. The molecule has 8 aromatic carbocycles. The zero-order valence-electron chi connectivity index (χ0n) is 33.8. The largest absolute Gasteiger partial charge is 0.248 e. The second-order valence-electron chi connectivity index (χ2n) is 16.3. The van der Waals surface area contributed by atoms with Crippen molar-refractivity contribution < 1.29 is 0 Å². The summed E-state index contributed by atoms with van der Waals surface area (Å²) >= 11 is 0. The summed E-state index contributed by atoms with van der Waals surface area (Å²) in [5, 5.41) is 12.0. The quantitative estimate of drug-likeness (QED) is 0.158. The minimum Gasteiger partial charge on any atom is -0.248 e. The summed E-state index contributed by atoms with van der Waals surface area (Å²) in [6, 6.07) is 70.5. The molecule has 0 amide bonds. The van der Waals surface area contributed by atoms with E-state index in [0.717, 1.165) is 77.7 Å². The van der Waals surface area contributed by atoms with Crippen LogP contribution in [0.25, 0.3) is 100 Å². The Bertz CT molecular complexity index is 3330. The molecule has 286 valence electrons. The van der Waals surface area contributed by atoms with Gasteiger partial charge in [0.05, 0.1) is 34.1 Å².